The van der Waals surface area contributed by atoms with E-state index in [1.165, 1.54) is 12.4 Å². The number of aromatic nitrogens is 2. The average Bonchev–Trinajstić information content (AvgIpc) is 2.19. The molecule has 1 aromatic heterocycles. The van der Waals surface area contributed by atoms with Gasteiger partial charge < -0.3 is 5.32 Å². The second kappa shape index (κ2) is 5.03. The lowest BCUT2D eigenvalue weighted by Crippen LogP contribution is -2.24. The Morgan fingerprint density at radius 1 is 1.62 bits per heavy atom. The number of nitrogens with zero attached hydrogens (tertiary/aromatic N) is 2. The summed E-state index contributed by atoms with van der Waals surface area (Å²) in [5.74, 6) is -0.128. The van der Waals surface area contributed by atoms with E-state index in [-0.39, 0.29) is 5.91 Å². The second-order valence-corrected chi connectivity index (χ2v) is 2.46. The van der Waals surface area contributed by atoms with Crippen molar-refractivity contribution in [3.05, 3.63) is 36.7 Å². The summed E-state index contributed by atoms with van der Waals surface area (Å²) in [5.41, 5.74) is 0.527. The van der Waals surface area contributed by atoms with Crippen LogP contribution in [0.4, 0.5) is 0 Å². The van der Waals surface area contributed by atoms with Crippen LogP contribution in [0.5, 0.6) is 0 Å². The Morgan fingerprint density at radius 2 is 2.46 bits per heavy atom. The molecule has 13 heavy (non-hydrogen) atoms. The quantitative estimate of drug-likeness (QED) is 0.546. The Morgan fingerprint density at radius 3 is 3.08 bits per heavy atom. The zero-order valence-electron chi connectivity index (χ0n) is 7.23. The molecule has 68 valence electrons. The number of carbonyl (C=O) groups excluding carboxylic acids is 1. The third-order valence-corrected chi connectivity index (χ3v) is 1.48. The minimum Gasteiger partial charge on any atom is -0.352 e. The van der Waals surface area contributed by atoms with Gasteiger partial charge in [-0.25, -0.2) is 0 Å². The molecule has 4 heteroatoms. The summed E-state index contributed by atoms with van der Waals surface area (Å²) in [7, 11) is 0. The zero-order valence-corrected chi connectivity index (χ0v) is 7.23. The number of hydrogen-bond donors (Lipinski definition) is 1. The fourth-order valence-electron chi connectivity index (χ4n) is 0.815. The highest BCUT2D eigenvalue weighted by Gasteiger charge is 2.02. The molecule has 0 aliphatic rings. The van der Waals surface area contributed by atoms with Gasteiger partial charge in [-0.1, -0.05) is 6.08 Å². The SMILES string of the molecule is C=CCCNC(=O)c1ccnnc1. The third kappa shape index (κ3) is 3.02. The van der Waals surface area contributed by atoms with Gasteiger partial charge in [-0.3, -0.25) is 4.79 Å². The van der Waals surface area contributed by atoms with Crippen molar-refractivity contribution in [3.8, 4) is 0 Å². The minimum atomic E-state index is -0.128. The third-order valence-electron chi connectivity index (χ3n) is 1.48. The molecule has 0 saturated heterocycles. The average molecular weight is 177 g/mol. The van der Waals surface area contributed by atoms with Gasteiger partial charge in [-0.2, -0.15) is 10.2 Å². The fraction of sp³-hybridized carbons (Fsp3) is 0.222. The van der Waals surface area contributed by atoms with Gasteiger partial charge >= 0.3 is 0 Å². The van der Waals surface area contributed by atoms with Gasteiger partial charge in [-0.15, -0.1) is 6.58 Å². The van der Waals surface area contributed by atoms with Crippen LogP contribution in [0.25, 0.3) is 0 Å². The molecule has 0 aromatic carbocycles. The predicted octanol–water partition coefficient (Wildman–Crippen LogP) is 0.782. The zero-order chi connectivity index (χ0) is 9.52. The van der Waals surface area contributed by atoms with Crippen molar-refractivity contribution in [2.45, 2.75) is 6.42 Å². The monoisotopic (exact) mass is 177 g/mol. The maximum atomic E-state index is 11.3. The van der Waals surface area contributed by atoms with Crippen molar-refractivity contribution in [1.29, 1.82) is 0 Å². The molecule has 1 heterocycles. The van der Waals surface area contributed by atoms with Gasteiger partial charge in [-0.05, 0) is 12.5 Å². The van der Waals surface area contributed by atoms with Crippen molar-refractivity contribution >= 4 is 5.91 Å². The standard InChI is InChI=1S/C9H11N3O/c1-2-3-5-10-9(13)8-4-6-11-12-7-8/h2,4,6-7H,1,3,5H2,(H,10,13). The van der Waals surface area contributed by atoms with Crippen LogP contribution < -0.4 is 5.32 Å². The van der Waals surface area contributed by atoms with Crippen LogP contribution in [0.1, 0.15) is 16.8 Å². The van der Waals surface area contributed by atoms with Gasteiger partial charge in [0.05, 0.1) is 18.0 Å². The molecule has 1 amide bonds. The van der Waals surface area contributed by atoms with Crippen LogP contribution in [0.2, 0.25) is 0 Å². The van der Waals surface area contributed by atoms with E-state index in [0.717, 1.165) is 6.42 Å². The molecule has 0 spiro atoms. The van der Waals surface area contributed by atoms with E-state index in [1.807, 2.05) is 0 Å². The summed E-state index contributed by atoms with van der Waals surface area (Å²) in [6.45, 7) is 4.16. The molecule has 0 aliphatic heterocycles. The van der Waals surface area contributed by atoms with Crippen LogP contribution >= 0.6 is 0 Å². The van der Waals surface area contributed by atoms with E-state index in [9.17, 15) is 4.79 Å². The van der Waals surface area contributed by atoms with Crippen LogP contribution in [0, 0.1) is 0 Å². The molecule has 0 fully saturated rings. The Hall–Kier alpha value is -1.71. The van der Waals surface area contributed by atoms with E-state index >= 15 is 0 Å². The van der Waals surface area contributed by atoms with E-state index in [2.05, 4.69) is 22.1 Å². The molecular formula is C9H11N3O. The molecule has 4 nitrogen and oxygen atoms in total. The Bertz CT molecular complexity index is 284. The highest BCUT2D eigenvalue weighted by Crippen LogP contribution is 1.92. The molecule has 0 unspecified atom stereocenters. The molecule has 0 bridgehead atoms. The van der Waals surface area contributed by atoms with E-state index in [0.29, 0.717) is 12.1 Å². The lowest BCUT2D eigenvalue weighted by molar-refractivity contribution is 0.0954. The van der Waals surface area contributed by atoms with E-state index < -0.39 is 0 Å². The van der Waals surface area contributed by atoms with E-state index in [4.69, 9.17) is 0 Å². The van der Waals surface area contributed by atoms with Crippen molar-refractivity contribution in [1.82, 2.24) is 15.5 Å². The number of rotatable bonds is 4. The smallest absolute Gasteiger partial charge is 0.252 e. The first-order valence-corrected chi connectivity index (χ1v) is 4.00. The van der Waals surface area contributed by atoms with Crippen molar-refractivity contribution in [2.24, 2.45) is 0 Å². The number of nitrogens with one attached hydrogen (secondary N) is 1. The van der Waals surface area contributed by atoms with Crippen LogP contribution in [0.3, 0.4) is 0 Å². The maximum absolute atomic E-state index is 11.3. The highest BCUT2D eigenvalue weighted by atomic mass is 16.1. The molecule has 1 rings (SSSR count). The molecule has 1 aromatic rings. The Balaban J connectivity index is 2.45. The van der Waals surface area contributed by atoms with Gasteiger partial charge in [0.15, 0.2) is 0 Å². The number of hydrogen-bond acceptors (Lipinski definition) is 3. The first-order valence-electron chi connectivity index (χ1n) is 4.00. The maximum Gasteiger partial charge on any atom is 0.252 e. The highest BCUT2D eigenvalue weighted by molar-refractivity contribution is 5.93. The van der Waals surface area contributed by atoms with Gasteiger partial charge in [0.1, 0.15) is 0 Å². The molecule has 0 radical (unpaired) electrons. The summed E-state index contributed by atoms with van der Waals surface area (Å²) in [4.78, 5) is 11.3. The lowest BCUT2D eigenvalue weighted by atomic mass is 10.3. The normalized spacial score (nSPS) is 9.23. The Labute approximate surface area is 76.7 Å². The number of amides is 1. The summed E-state index contributed by atoms with van der Waals surface area (Å²) in [6, 6.07) is 1.62. The Kier molecular flexibility index (Phi) is 3.63. The topological polar surface area (TPSA) is 54.9 Å². The molecule has 0 atom stereocenters. The van der Waals surface area contributed by atoms with Crippen molar-refractivity contribution in [3.63, 3.8) is 0 Å². The first kappa shape index (κ1) is 9.38. The fourth-order valence-corrected chi connectivity index (χ4v) is 0.815. The molecular weight excluding hydrogens is 166 g/mol. The van der Waals surface area contributed by atoms with Crippen LogP contribution in [-0.4, -0.2) is 22.6 Å². The first-order chi connectivity index (χ1) is 6.34. The molecule has 0 aliphatic carbocycles. The summed E-state index contributed by atoms with van der Waals surface area (Å²) in [5, 5.41) is 9.90. The van der Waals surface area contributed by atoms with E-state index in [1.54, 1.807) is 12.1 Å². The number of carbonyl (C=O) groups is 1. The van der Waals surface area contributed by atoms with Crippen LogP contribution in [-0.2, 0) is 0 Å². The molecule has 1 N–H and O–H groups in total. The van der Waals surface area contributed by atoms with Crippen molar-refractivity contribution < 1.29 is 4.79 Å². The van der Waals surface area contributed by atoms with Gasteiger partial charge in [0, 0.05) is 6.54 Å². The predicted molar refractivity (Wildman–Crippen MR) is 49.2 cm³/mol. The summed E-state index contributed by atoms with van der Waals surface area (Å²) >= 11 is 0. The van der Waals surface area contributed by atoms with Crippen molar-refractivity contribution in [2.75, 3.05) is 6.54 Å². The largest absolute Gasteiger partial charge is 0.352 e. The summed E-state index contributed by atoms with van der Waals surface area (Å²) < 4.78 is 0. The van der Waals surface area contributed by atoms with Crippen LogP contribution in [0.15, 0.2) is 31.1 Å². The molecule has 0 saturated carbocycles. The second-order valence-electron chi connectivity index (χ2n) is 2.46. The van der Waals surface area contributed by atoms with Gasteiger partial charge in [0.2, 0.25) is 0 Å². The summed E-state index contributed by atoms with van der Waals surface area (Å²) in [6.07, 6.45) is 5.45. The minimum absolute atomic E-state index is 0.128. The lowest BCUT2D eigenvalue weighted by Gasteiger charge is -2.01. The van der Waals surface area contributed by atoms with Gasteiger partial charge in [0.25, 0.3) is 5.91 Å².